The molecule has 2 rings (SSSR count). The van der Waals surface area contributed by atoms with Gasteiger partial charge in [-0.2, -0.15) is 0 Å². The van der Waals surface area contributed by atoms with Gasteiger partial charge in [0.15, 0.2) is 0 Å². The first-order valence-corrected chi connectivity index (χ1v) is 8.00. The first kappa shape index (κ1) is 14.9. The van der Waals surface area contributed by atoms with Crippen molar-refractivity contribution in [2.24, 2.45) is 0 Å². The van der Waals surface area contributed by atoms with Crippen LogP contribution < -0.4 is 5.32 Å². The summed E-state index contributed by atoms with van der Waals surface area (Å²) < 4.78 is 0. The molecule has 0 atom stereocenters. The van der Waals surface area contributed by atoms with Gasteiger partial charge in [0.2, 0.25) is 0 Å². The number of hydrogen-bond donors (Lipinski definition) is 1. The van der Waals surface area contributed by atoms with Crippen molar-refractivity contribution >= 4 is 17.6 Å². The lowest BCUT2D eigenvalue weighted by atomic mass is 10.2. The Hall–Kier alpha value is -1.55. The van der Waals surface area contributed by atoms with E-state index in [1.807, 2.05) is 6.07 Å². The molecule has 0 unspecified atom stereocenters. The topological polar surface area (TPSA) is 37.8 Å². The summed E-state index contributed by atoms with van der Waals surface area (Å²) in [6, 6.07) is 10.5. The highest BCUT2D eigenvalue weighted by Crippen LogP contribution is 2.25. The summed E-state index contributed by atoms with van der Waals surface area (Å²) in [4.78, 5) is 10.5. The zero-order valence-corrected chi connectivity index (χ0v) is 13.1. The van der Waals surface area contributed by atoms with E-state index in [1.165, 1.54) is 10.5 Å². The van der Waals surface area contributed by atoms with Crippen LogP contribution in [0, 0.1) is 6.92 Å². The lowest BCUT2D eigenvalue weighted by Crippen LogP contribution is -2.05. The van der Waals surface area contributed by atoms with Gasteiger partial charge in [0.05, 0.1) is 5.75 Å². The first-order chi connectivity index (χ1) is 9.72. The molecule has 0 saturated carbocycles. The fraction of sp³-hybridized carbons (Fsp3) is 0.375. The van der Waals surface area contributed by atoms with Gasteiger partial charge in [-0.1, -0.05) is 25.1 Å². The largest absolute Gasteiger partial charge is 0.370 e. The number of rotatable bonds is 6. The molecule has 0 saturated heterocycles. The number of hydrogen-bond acceptors (Lipinski definition) is 4. The second kappa shape index (κ2) is 7.29. The van der Waals surface area contributed by atoms with Gasteiger partial charge in [0.25, 0.3) is 0 Å². The van der Waals surface area contributed by atoms with Gasteiger partial charge in [-0.15, -0.1) is 11.8 Å². The number of anilines is 1. The van der Waals surface area contributed by atoms with E-state index in [0.717, 1.165) is 36.1 Å². The van der Waals surface area contributed by atoms with Crippen molar-refractivity contribution in [3.63, 3.8) is 0 Å². The SMILES string of the molecule is CCNc1cc(CC)nc(CSc2ccccc2C)n1. The summed E-state index contributed by atoms with van der Waals surface area (Å²) in [6.07, 6.45) is 0.933. The molecular weight excluding hydrogens is 266 g/mol. The van der Waals surface area contributed by atoms with Crippen molar-refractivity contribution < 1.29 is 0 Å². The van der Waals surface area contributed by atoms with E-state index in [9.17, 15) is 0 Å². The number of nitrogens with zero attached hydrogens (tertiary/aromatic N) is 2. The van der Waals surface area contributed by atoms with E-state index >= 15 is 0 Å². The van der Waals surface area contributed by atoms with E-state index in [2.05, 4.69) is 60.3 Å². The summed E-state index contributed by atoms with van der Waals surface area (Å²) in [5, 5.41) is 3.27. The van der Waals surface area contributed by atoms with E-state index < -0.39 is 0 Å². The Morgan fingerprint density at radius 2 is 1.95 bits per heavy atom. The van der Waals surface area contributed by atoms with Crippen molar-refractivity contribution in [1.29, 1.82) is 0 Å². The lowest BCUT2D eigenvalue weighted by molar-refractivity contribution is 0.936. The zero-order chi connectivity index (χ0) is 14.4. The highest BCUT2D eigenvalue weighted by Gasteiger charge is 2.05. The van der Waals surface area contributed by atoms with Crippen LogP contribution in [0.1, 0.15) is 30.9 Å². The molecule has 1 N–H and O–H groups in total. The van der Waals surface area contributed by atoms with Gasteiger partial charge in [-0.3, -0.25) is 0 Å². The van der Waals surface area contributed by atoms with Crippen molar-refractivity contribution in [3.05, 3.63) is 47.4 Å². The highest BCUT2D eigenvalue weighted by molar-refractivity contribution is 7.98. The van der Waals surface area contributed by atoms with E-state index in [1.54, 1.807) is 11.8 Å². The van der Waals surface area contributed by atoms with Crippen LogP contribution in [-0.2, 0) is 12.2 Å². The molecule has 4 heteroatoms. The fourth-order valence-electron chi connectivity index (χ4n) is 1.93. The zero-order valence-electron chi connectivity index (χ0n) is 12.3. The summed E-state index contributed by atoms with van der Waals surface area (Å²) in [5.74, 6) is 2.63. The predicted molar refractivity (Wildman–Crippen MR) is 86.3 cm³/mol. The van der Waals surface area contributed by atoms with Crippen LogP contribution in [0.2, 0.25) is 0 Å². The smallest absolute Gasteiger partial charge is 0.141 e. The van der Waals surface area contributed by atoms with Crippen molar-refractivity contribution in [2.75, 3.05) is 11.9 Å². The average molecular weight is 287 g/mol. The summed E-state index contributed by atoms with van der Waals surface area (Å²) in [6.45, 7) is 7.21. The molecule has 1 aromatic carbocycles. The van der Waals surface area contributed by atoms with Crippen LogP contribution in [0.15, 0.2) is 35.2 Å². The third-order valence-electron chi connectivity index (χ3n) is 3.00. The molecule has 1 aromatic heterocycles. The first-order valence-electron chi connectivity index (χ1n) is 7.02. The minimum absolute atomic E-state index is 0.803. The highest BCUT2D eigenvalue weighted by atomic mass is 32.2. The molecule has 0 aliphatic heterocycles. The summed E-state index contributed by atoms with van der Waals surface area (Å²) >= 11 is 1.79. The Bertz CT molecular complexity index is 569. The molecule has 2 aromatic rings. The molecule has 1 heterocycles. The average Bonchev–Trinajstić information content (AvgIpc) is 2.46. The lowest BCUT2D eigenvalue weighted by Gasteiger charge is -2.09. The maximum Gasteiger partial charge on any atom is 0.141 e. The Kier molecular flexibility index (Phi) is 5.41. The molecule has 0 spiro atoms. The molecule has 0 aliphatic carbocycles. The molecule has 0 bridgehead atoms. The van der Waals surface area contributed by atoms with Gasteiger partial charge in [-0.25, -0.2) is 9.97 Å². The van der Waals surface area contributed by atoms with Crippen LogP contribution in [0.4, 0.5) is 5.82 Å². The maximum absolute atomic E-state index is 4.61. The molecule has 3 nitrogen and oxygen atoms in total. The minimum Gasteiger partial charge on any atom is -0.370 e. The molecular formula is C16H21N3S. The number of aromatic nitrogens is 2. The van der Waals surface area contributed by atoms with Crippen molar-refractivity contribution in [2.45, 2.75) is 37.8 Å². The monoisotopic (exact) mass is 287 g/mol. The number of thioether (sulfide) groups is 1. The molecule has 20 heavy (non-hydrogen) atoms. The fourth-order valence-corrected chi connectivity index (χ4v) is 2.81. The van der Waals surface area contributed by atoms with E-state index in [0.29, 0.717) is 0 Å². The van der Waals surface area contributed by atoms with Gasteiger partial charge in [-0.05, 0) is 31.9 Å². The quantitative estimate of drug-likeness (QED) is 0.813. The van der Waals surface area contributed by atoms with Crippen molar-refractivity contribution in [3.8, 4) is 0 Å². The minimum atomic E-state index is 0.803. The molecule has 106 valence electrons. The van der Waals surface area contributed by atoms with Crippen LogP contribution >= 0.6 is 11.8 Å². The maximum atomic E-state index is 4.61. The normalized spacial score (nSPS) is 10.6. The van der Waals surface area contributed by atoms with Gasteiger partial charge < -0.3 is 5.32 Å². The molecule has 0 fully saturated rings. The van der Waals surface area contributed by atoms with Gasteiger partial charge in [0, 0.05) is 23.2 Å². The number of aryl methyl sites for hydroxylation is 2. The molecule has 0 aliphatic rings. The standard InChI is InChI=1S/C16H21N3S/c1-4-13-10-15(17-5-2)19-16(18-13)11-20-14-9-7-6-8-12(14)3/h6-10H,4-5,11H2,1-3H3,(H,17,18,19). The number of nitrogens with one attached hydrogen (secondary N) is 1. The summed E-state index contributed by atoms with van der Waals surface area (Å²) in [5.41, 5.74) is 2.40. The van der Waals surface area contributed by atoms with Crippen LogP contribution in [0.5, 0.6) is 0 Å². The second-order valence-electron chi connectivity index (χ2n) is 4.60. The third-order valence-corrected chi connectivity index (χ3v) is 4.17. The second-order valence-corrected chi connectivity index (χ2v) is 5.62. The van der Waals surface area contributed by atoms with Crippen molar-refractivity contribution in [1.82, 2.24) is 9.97 Å². The van der Waals surface area contributed by atoms with Crippen LogP contribution in [0.25, 0.3) is 0 Å². The van der Waals surface area contributed by atoms with Gasteiger partial charge in [0.1, 0.15) is 11.6 Å². The summed E-state index contributed by atoms with van der Waals surface area (Å²) in [7, 11) is 0. The Morgan fingerprint density at radius 1 is 1.15 bits per heavy atom. The number of benzene rings is 1. The molecule has 0 amide bonds. The van der Waals surface area contributed by atoms with Crippen LogP contribution in [0.3, 0.4) is 0 Å². The Morgan fingerprint density at radius 3 is 2.65 bits per heavy atom. The van der Waals surface area contributed by atoms with Crippen LogP contribution in [-0.4, -0.2) is 16.5 Å². The molecule has 0 radical (unpaired) electrons. The predicted octanol–water partition coefficient (Wildman–Crippen LogP) is 4.07. The Labute approximate surface area is 125 Å². The van der Waals surface area contributed by atoms with Gasteiger partial charge >= 0.3 is 0 Å². The van der Waals surface area contributed by atoms with E-state index in [4.69, 9.17) is 0 Å². The third kappa shape index (κ3) is 3.97. The van der Waals surface area contributed by atoms with E-state index in [-0.39, 0.29) is 0 Å². The Balaban J connectivity index is 2.12.